The number of rotatable bonds is 18. The normalized spacial score (nSPS) is 10.9. The second-order valence-corrected chi connectivity index (χ2v) is 8.35. The van der Waals surface area contributed by atoms with E-state index in [2.05, 4.69) is 12.2 Å². The number of urea groups is 1. The van der Waals surface area contributed by atoms with Gasteiger partial charge >= 0.3 is 6.03 Å². The van der Waals surface area contributed by atoms with Gasteiger partial charge in [0.25, 0.3) is 0 Å². The molecule has 0 heterocycles. The van der Waals surface area contributed by atoms with Crippen molar-refractivity contribution in [2.24, 2.45) is 5.73 Å². The third-order valence-electron chi connectivity index (χ3n) is 5.68. The summed E-state index contributed by atoms with van der Waals surface area (Å²) >= 11 is 0. The molecule has 1 aromatic rings. The number of para-hydroxylation sites is 1. The Hall–Kier alpha value is -1.71. The summed E-state index contributed by atoms with van der Waals surface area (Å²) in [4.78, 5) is 11.1. The first-order valence-corrected chi connectivity index (χ1v) is 12.0. The minimum atomic E-state index is -0.639. The SMILES string of the molecule is CCCCCCCCCCCCCCCCCCc1cccc(O)c1NC(N)=O. The zero-order chi connectivity index (χ0) is 21.2. The van der Waals surface area contributed by atoms with E-state index < -0.39 is 6.03 Å². The molecule has 4 nitrogen and oxygen atoms in total. The molecule has 0 bridgehead atoms. The number of phenolic OH excluding ortho intramolecular Hbond substituents is 1. The Morgan fingerprint density at radius 1 is 0.793 bits per heavy atom. The second kappa shape index (κ2) is 17.2. The summed E-state index contributed by atoms with van der Waals surface area (Å²) in [5.74, 6) is 0.0813. The number of carbonyl (C=O) groups excluding carboxylic acids is 1. The number of nitrogens with two attached hydrogens (primary N) is 1. The molecule has 0 atom stereocenters. The van der Waals surface area contributed by atoms with Crippen molar-refractivity contribution in [1.82, 2.24) is 0 Å². The van der Waals surface area contributed by atoms with Gasteiger partial charge in [-0.2, -0.15) is 0 Å². The molecule has 1 rings (SSSR count). The highest BCUT2D eigenvalue weighted by Crippen LogP contribution is 2.28. The van der Waals surface area contributed by atoms with Crippen molar-refractivity contribution < 1.29 is 9.90 Å². The molecule has 0 saturated carbocycles. The molecule has 4 N–H and O–H groups in total. The Balaban J connectivity index is 1.94. The van der Waals surface area contributed by atoms with Crippen LogP contribution in [0.1, 0.15) is 115 Å². The Morgan fingerprint density at radius 3 is 1.69 bits per heavy atom. The zero-order valence-corrected chi connectivity index (χ0v) is 18.7. The highest BCUT2D eigenvalue weighted by Gasteiger charge is 2.09. The summed E-state index contributed by atoms with van der Waals surface area (Å²) in [6, 6.07) is 4.68. The Kier molecular flexibility index (Phi) is 15.0. The molecule has 0 unspecified atom stereocenters. The fourth-order valence-corrected chi connectivity index (χ4v) is 3.93. The van der Waals surface area contributed by atoms with E-state index in [-0.39, 0.29) is 5.75 Å². The molecular formula is C25H44N2O2. The number of benzene rings is 1. The molecule has 166 valence electrons. The van der Waals surface area contributed by atoms with E-state index >= 15 is 0 Å². The smallest absolute Gasteiger partial charge is 0.316 e. The number of hydrogen-bond donors (Lipinski definition) is 3. The van der Waals surface area contributed by atoms with Crippen molar-refractivity contribution >= 4 is 11.7 Å². The van der Waals surface area contributed by atoms with E-state index in [1.165, 1.54) is 96.3 Å². The number of amides is 2. The van der Waals surface area contributed by atoms with E-state index in [1.54, 1.807) is 6.07 Å². The third-order valence-corrected chi connectivity index (χ3v) is 5.68. The van der Waals surface area contributed by atoms with Crippen molar-refractivity contribution in [3.05, 3.63) is 23.8 Å². The van der Waals surface area contributed by atoms with Crippen molar-refractivity contribution in [1.29, 1.82) is 0 Å². The monoisotopic (exact) mass is 404 g/mol. The van der Waals surface area contributed by atoms with Gasteiger partial charge in [-0.25, -0.2) is 4.79 Å². The van der Waals surface area contributed by atoms with Crippen LogP contribution in [-0.4, -0.2) is 11.1 Å². The lowest BCUT2D eigenvalue weighted by Gasteiger charge is -2.11. The number of nitrogens with one attached hydrogen (secondary N) is 1. The number of unbranched alkanes of at least 4 members (excludes halogenated alkanes) is 15. The van der Waals surface area contributed by atoms with Crippen LogP contribution in [0.3, 0.4) is 0 Å². The van der Waals surface area contributed by atoms with Gasteiger partial charge in [0.05, 0.1) is 5.69 Å². The van der Waals surface area contributed by atoms with Gasteiger partial charge in [-0.3, -0.25) is 0 Å². The number of primary amides is 1. The first-order chi connectivity index (χ1) is 14.1. The van der Waals surface area contributed by atoms with Crippen LogP contribution in [0.5, 0.6) is 5.75 Å². The number of hydrogen-bond acceptors (Lipinski definition) is 2. The summed E-state index contributed by atoms with van der Waals surface area (Å²) in [5.41, 5.74) is 6.60. The van der Waals surface area contributed by atoms with Crippen molar-refractivity contribution in [2.75, 3.05) is 5.32 Å². The van der Waals surface area contributed by atoms with Gasteiger partial charge in [-0.15, -0.1) is 0 Å². The lowest BCUT2D eigenvalue weighted by molar-refractivity contribution is 0.259. The molecule has 2 amide bonds. The summed E-state index contributed by atoms with van der Waals surface area (Å²) in [6.45, 7) is 2.28. The average molecular weight is 405 g/mol. The van der Waals surface area contributed by atoms with Gasteiger partial charge in [0.1, 0.15) is 5.75 Å². The summed E-state index contributed by atoms with van der Waals surface area (Å²) < 4.78 is 0. The number of anilines is 1. The number of aryl methyl sites for hydroxylation is 1. The molecule has 1 aromatic carbocycles. The number of aromatic hydroxyl groups is 1. The van der Waals surface area contributed by atoms with E-state index in [4.69, 9.17) is 5.73 Å². The van der Waals surface area contributed by atoms with E-state index in [9.17, 15) is 9.90 Å². The third kappa shape index (κ3) is 13.2. The standard InChI is InChI=1S/C25H44N2O2/c1-2-3-4-5-6-7-8-9-10-11-12-13-14-15-16-17-19-22-20-18-21-23(28)24(22)27-25(26)29/h18,20-21,28H,2-17,19H2,1H3,(H3,26,27,29). The van der Waals surface area contributed by atoms with Crippen LogP contribution < -0.4 is 11.1 Å². The Labute approximate surface area is 178 Å². The Bertz CT molecular complexity index is 546. The van der Waals surface area contributed by atoms with Gasteiger partial charge in [0, 0.05) is 0 Å². The van der Waals surface area contributed by atoms with Gasteiger partial charge in [-0.05, 0) is 24.5 Å². The van der Waals surface area contributed by atoms with Crippen LogP contribution >= 0.6 is 0 Å². The van der Waals surface area contributed by atoms with E-state index in [0.717, 1.165) is 18.4 Å². The fourth-order valence-electron chi connectivity index (χ4n) is 3.93. The largest absolute Gasteiger partial charge is 0.506 e. The quantitative estimate of drug-likeness (QED) is 0.173. The maximum Gasteiger partial charge on any atom is 0.316 e. The highest BCUT2D eigenvalue weighted by atomic mass is 16.3. The van der Waals surface area contributed by atoms with Gasteiger partial charge in [-0.1, -0.05) is 115 Å². The van der Waals surface area contributed by atoms with Crippen LogP contribution in [0.25, 0.3) is 0 Å². The molecule has 0 aliphatic carbocycles. The number of phenols is 1. The number of carbonyl (C=O) groups is 1. The van der Waals surface area contributed by atoms with Gasteiger partial charge in [0.15, 0.2) is 0 Å². The topological polar surface area (TPSA) is 75.3 Å². The summed E-state index contributed by atoms with van der Waals surface area (Å²) in [6.07, 6.45) is 22.5. The summed E-state index contributed by atoms with van der Waals surface area (Å²) in [5, 5.41) is 12.4. The molecule has 0 aliphatic heterocycles. The Morgan fingerprint density at radius 2 is 1.24 bits per heavy atom. The van der Waals surface area contributed by atoms with Crippen molar-refractivity contribution in [3.8, 4) is 5.75 Å². The molecule has 0 aliphatic rings. The van der Waals surface area contributed by atoms with Crippen molar-refractivity contribution in [2.45, 2.75) is 116 Å². The second-order valence-electron chi connectivity index (χ2n) is 8.35. The maximum absolute atomic E-state index is 11.1. The molecule has 0 saturated heterocycles. The minimum Gasteiger partial charge on any atom is -0.506 e. The van der Waals surface area contributed by atoms with Gasteiger partial charge < -0.3 is 16.2 Å². The van der Waals surface area contributed by atoms with Crippen LogP contribution in [0.2, 0.25) is 0 Å². The van der Waals surface area contributed by atoms with Crippen LogP contribution in [0, 0.1) is 0 Å². The fraction of sp³-hybridized carbons (Fsp3) is 0.720. The molecular weight excluding hydrogens is 360 g/mol. The lowest BCUT2D eigenvalue weighted by Crippen LogP contribution is -2.20. The van der Waals surface area contributed by atoms with Crippen molar-refractivity contribution in [3.63, 3.8) is 0 Å². The average Bonchev–Trinajstić information content (AvgIpc) is 2.69. The van der Waals surface area contributed by atoms with Crippen LogP contribution in [0.4, 0.5) is 10.5 Å². The molecule has 0 spiro atoms. The molecule has 0 fully saturated rings. The molecule has 29 heavy (non-hydrogen) atoms. The van der Waals surface area contributed by atoms with E-state index in [0.29, 0.717) is 5.69 Å². The molecule has 0 aromatic heterocycles. The minimum absolute atomic E-state index is 0.0813. The maximum atomic E-state index is 11.1. The molecule has 0 radical (unpaired) electrons. The lowest BCUT2D eigenvalue weighted by atomic mass is 10.0. The van der Waals surface area contributed by atoms with Gasteiger partial charge in [0.2, 0.25) is 0 Å². The summed E-state index contributed by atoms with van der Waals surface area (Å²) in [7, 11) is 0. The predicted octanol–water partition coefficient (Wildman–Crippen LogP) is 7.69. The highest BCUT2D eigenvalue weighted by molar-refractivity contribution is 5.90. The van der Waals surface area contributed by atoms with Crippen LogP contribution in [0.15, 0.2) is 18.2 Å². The predicted molar refractivity (Wildman–Crippen MR) is 125 cm³/mol. The first kappa shape index (κ1) is 25.3. The molecule has 4 heteroatoms. The van der Waals surface area contributed by atoms with E-state index in [1.807, 2.05) is 12.1 Å². The zero-order valence-electron chi connectivity index (χ0n) is 18.7. The van der Waals surface area contributed by atoms with Crippen LogP contribution in [-0.2, 0) is 6.42 Å². The first-order valence-electron chi connectivity index (χ1n) is 12.0.